The van der Waals surface area contributed by atoms with Gasteiger partial charge in [-0.3, -0.25) is 0 Å². The Hall–Kier alpha value is -0.620. The fourth-order valence-corrected chi connectivity index (χ4v) is 3.42. The molecule has 1 aliphatic rings. The number of nitrogens with zero attached hydrogens (tertiary/aromatic N) is 4. The maximum atomic E-state index is 5.50. The first-order valence-corrected chi connectivity index (χ1v) is 7.51. The first kappa shape index (κ1) is 12.8. The second kappa shape index (κ2) is 6.96. The summed E-state index contributed by atoms with van der Waals surface area (Å²) in [6.07, 6.45) is 7.83. The topological polar surface area (TPSA) is 69.6 Å². The van der Waals surface area contributed by atoms with Crippen LogP contribution in [0, 0.1) is 0 Å². The molecule has 1 saturated carbocycles. The van der Waals surface area contributed by atoms with E-state index in [0.717, 1.165) is 29.8 Å². The van der Waals surface area contributed by atoms with E-state index < -0.39 is 0 Å². The van der Waals surface area contributed by atoms with E-state index in [0.29, 0.717) is 6.54 Å². The van der Waals surface area contributed by atoms with Crippen LogP contribution < -0.4 is 5.73 Å². The normalized spacial score (nSPS) is 17.5. The van der Waals surface area contributed by atoms with Crippen LogP contribution >= 0.6 is 11.8 Å². The first-order valence-electron chi connectivity index (χ1n) is 6.47. The molecule has 96 valence electrons. The summed E-state index contributed by atoms with van der Waals surface area (Å²) in [6.45, 7) is 1.53. The molecule has 17 heavy (non-hydrogen) atoms. The van der Waals surface area contributed by atoms with Crippen LogP contribution in [-0.2, 0) is 12.3 Å². The van der Waals surface area contributed by atoms with Crippen LogP contribution in [0.3, 0.4) is 0 Å². The molecule has 0 spiro atoms. The third kappa shape index (κ3) is 3.96. The lowest BCUT2D eigenvalue weighted by atomic mass is 10.0. The molecule has 2 rings (SSSR count). The zero-order valence-corrected chi connectivity index (χ0v) is 11.0. The molecule has 1 aliphatic carbocycles. The van der Waals surface area contributed by atoms with Crippen LogP contribution in [0.25, 0.3) is 0 Å². The van der Waals surface area contributed by atoms with Crippen molar-refractivity contribution in [3.8, 4) is 0 Å². The molecule has 0 bridgehead atoms. The molecule has 0 atom stereocenters. The fraction of sp³-hybridized carbons (Fsp3) is 0.909. The van der Waals surface area contributed by atoms with E-state index in [4.69, 9.17) is 5.73 Å². The summed E-state index contributed by atoms with van der Waals surface area (Å²) in [5.74, 6) is 1.93. The van der Waals surface area contributed by atoms with E-state index >= 15 is 0 Å². The summed E-state index contributed by atoms with van der Waals surface area (Å²) in [5.41, 5.74) is 5.50. The third-order valence-corrected chi connectivity index (χ3v) is 4.55. The van der Waals surface area contributed by atoms with Gasteiger partial charge in [0.2, 0.25) is 0 Å². The van der Waals surface area contributed by atoms with Crippen molar-refractivity contribution in [2.24, 2.45) is 5.73 Å². The largest absolute Gasteiger partial charge is 0.330 e. The molecule has 2 N–H and O–H groups in total. The molecular weight excluding hydrogens is 234 g/mol. The van der Waals surface area contributed by atoms with Crippen LogP contribution in [0.5, 0.6) is 0 Å². The average molecular weight is 255 g/mol. The third-order valence-electron chi connectivity index (χ3n) is 3.18. The lowest BCUT2D eigenvalue weighted by molar-refractivity contribution is 0.515. The molecule has 1 fully saturated rings. The maximum Gasteiger partial charge on any atom is 0.161 e. The van der Waals surface area contributed by atoms with Crippen LogP contribution in [0.4, 0.5) is 0 Å². The molecule has 1 heterocycles. The Kier molecular flexibility index (Phi) is 5.25. The predicted molar refractivity (Wildman–Crippen MR) is 69.7 cm³/mol. The van der Waals surface area contributed by atoms with Crippen molar-refractivity contribution in [2.45, 2.75) is 56.1 Å². The van der Waals surface area contributed by atoms with E-state index in [2.05, 4.69) is 15.5 Å². The van der Waals surface area contributed by atoms with Crippen LogP contribution in [0.15, 0.2) is 0 Å². The fourth-order valence-electron chi connectivity index (χ4n) is 2.17. The van der Waals surface area contributed by atoms with E-state index in [1.54, 1.807) is 0 Å². The molecule has 0 unspecified atom stereocenters. The van der Waals surface area contributed by atoms with E-state index in [1.165, 1.54) is 32.1 Å². The van der Waals surface area contributed by atoms with Gasteiger partial charge in [-0.2, -0.15) is 11.8 Å². The zero-order valence-electron chi connectivity index (χ0n) is 10.2. The summed E-state index contributed by atoms with van der Waals surface area (Å²) in [4.78, 5) is 0. The summed E-state index contributed by atoms with van der Waals surface area (Å²) >= 11 is 2.01. The van der Waals surface area contributed by atoms with Gasteiger partial charge in [0, 0.05) is 11.8 Å². The Morgan fingerprint density at radius 2 is 2.12 bits per heavy atom. The maximum absolute atomic E-state index is 5.50. The predicted octanol–water partition coefficient (Wildman–Crippen LogP) is 1.59. The van der Waals surface area contributed by atoms with Crippen molar-refractivity contribution >= 4 is 11.8 Å². The van der Waals surface area contributed by atoms with Crippen molar-refractivity contribution in [1.29, 1.82) is 0 Å². The van der Waals surface area contributed by atoms with Gasteiger partial charge < -0.3 is 5.73 Å². The number of aromatic nitrogens is 4. The number of rotatable bonds is 6. The minimum atomic E-state index is 0.690. The minimum Gasteiger partial charge on any atom is -0.330 e. The molecule has 1 aromatic heterocycles. The molecular formula is C11H21N5S. The highest BCUT2D eigenvalue weighted by Gasteiger charge is 2.15. The summed E-state index contributed by atoms with van der Waals surface area (Å²) in [6, 6.07) is 0. The lowest BCUT2D eigenvalue weighted by Crippen LogP contribution is -2.12. The highest BCUT2D eigenvalue weighted by Crippen LogP contribution is 2.29. The molecule has 0 amide bonds. The average Bonchev–Trinajstić information content (AvgIpc) is 2.82. The lowest BCUT2D eigenvalue weighted by Gasteiger charge is -2.20. The Labute approximate surface area is 107 Å². The van der Waals surface area contributed by atoms with Gasteiger partial charge in [-0.05, 0) is 36.2 Å². The second-order valence-electron chi connectivity index (χ2n) is 4.53. The molecule has 0 radical (unpaired) electrons. The SMILES string of the molecule is NCCCn1nnnc1CSC1CCCCC1. The van der Waals surface area contributed by atoms with Crippen molar-refractivity contribution in [3.63, 3.8) is 0 Å². The Morgan fingerprint density at radius 3 is 2.88 bits per heavy atom. The Bertz CT molecular complexity index is 321. The van der Waals surface area contributed by atoms with Crippen molar-refractivity contribution in [3.05, 3.63) is 5.82 Å². The smallest absolute Gasteiger partial charge is 0.161 e. The van der Waals surface area contributed by atoms with Crippen molar-refractivity contribution in [1.82, 2.24) is 20.2 Å². The molecule has 1 aromatic rings. The van der Waals surface area contributed by atoms with Crippen LogP contribution in [0.1, 0.15) is 44.3 Å². The number of thioether (sulfide) groups is 1. The Balaban J connectivity index is 1.79. The summed E-state index contributed by atoms with van der Waals surface area (Å²) in [5, 5.41) is 12.7. The monoisotopic (exact) mass is 255 g/mol. The second-order valence-corrected chi connectivity index (χ2v) is 5.82. The molecule has 0 aromatic carbocycles. The zero-order chi connectivity index (χ0) is 11.9. The van der Waals surface area contributed by atoms with Gasteiger partial charge in [-0.25, -0.2) is 4.68 Å². The van der Waals surface area contributed by atoms with Gasteiger partial charge >= 0.3 is 0 Å². The summed E-state index contributed by atoms with van der Waals surface area (Å²) in [7, 11) is 0. The van der Waals surface area contributed by atoms with Gasteiger partial charge in [0.25, 0.3) is 0 Å². The van der Waals surface area contributed by atoms with Gasteiger partial charge in [0.05, 0.1) is 5.75 Å². The Morgan fingerprint density at radius 1 is 1.29 bits per heavy atom. The highest BCUT2D eigenvalue weighted by molar-refractivity contribution is 7.99. The molecule has 5 nitrogen and oxygen atoms in total. The minimum absolute atomic E-state index is 0.690. The van der Waals surface area contributed by atoms with E-state index in [1.807, 2.05) is 16.4 Å². The van der Waals surface area contributed by atoms with Gasteiger partial charge in [-0.15, -0.1) is 5.10 Å². The number of hydrogen-bond acceptors (Lipinski definition) is 5. The number of nitrogens with two attached hydrogens (primary N) is 1. The standard InChI is InChI=1S/C11H21N5S/c12-7-4-8-16-11(13-14-15-16)9-17-10-5-2-1-3-6-10/h10H,1-9,12H2. The van der Waals surface area contributed by atoms with E-state index in [-0.39, 0.29) is 0 Å². The molecule has 6 heteroatoms. The highest BCUT2D eigenvalue weighted by atomic mass is 32.2. The van der Waals surface area contributed by atoms with Crippen LogP contribution in [0.2, 0.25) is 0 Å². The van der Waals surface area contributed by atoms with Gasteiger partial charge in [-0.1, -0.05) is 19.3 Å². The summed E-state index contributed by atoms with van der Waals surface area (Å²) < 4.78 is 1.89. The van der Waals surface area contributed by atoms with Crippen molar-refractivity contribution < 1.29 is 0 Å². The first-order chi connectivity index (χ1) is 8.40. The van der Waals surface area contributed by atoms with Gasteiger partial charge in [0.1, 0.15) is 0 Å². The van der Waals surface area contributed by atoms with Crippen LogP contribution in [-0.4, -0.2) is 32.0 Å². The number of aryl methyl sites for hydroxylation is 1. The number of tetrazole rings is 1. The number of hydrogen-bond donors (Lipinski definition) is 1. The quantitative estimate of drug-likeness (QED) is 0.836. The van der Waals surface area contributed by atoms with Gasteiger partial charge in [0.15, 0.2) is 5.82 Å². The van der Waals surface area contributed by atoms with E-state index in [9.17, 15) is 0 Å². The molecule has 0 saturated heterocycles. The van der Waals surface area contributed by atoms with Crippen molar-refractivity contribution in [2.75, 3.05) is 6.54 Å². The molecule has 0 aliphatic heterocycles.